The quantitative estimate of drug-likeness (QED) is 0.761. The summed E-state index contributed by atoms with van der Waals surface area (Å²) in [6.07, 6.45) is -2.30. The molecule has 1 aromatic carbocycles. The summed E-state index contributed by atoms with van der Waals surface area (Å²) in [4.78, 5) is 0. The highest BCUT2D eigenvalue weighted by Gasteiger charge is 2.07. The Kier molecular flexibility index (Phi) is 5.08. The van der Waals surface area contributed by atoms with Crippen LogP contribution in [0.15, 0.2) is 35.0 Å². The van der Waals surface area contributed by atoms with E-state index in [1.807, 2.05) is 17.5 Å². The normalized spacial score (nSPS) is 11.1. The first-order valence-electron chi connectivity index (χ1n) is 5.46. The maximum Gasteiger partial charge on any atom is 0.250 e. The fourth-order valence-corrected chi connectivity index (χ4v) is 2.88. The smallest absolute Gasteiger partial charge is 0.250 e. The third kappa shape index (κ3) is 3.73. The van der Waals surface area contributed by atoms with Gasteiger partial charge in [0.1, 0.15) is 0 Å². The molecular formula is C13H12F2INS. The Morgan fingerprint density at radius 1 is 1.17 bits per heavy atom. The number of hydrogen-bond donors (Lipinski definition) is 1. The predicted octanol–water partition coefficient (Wildman–Crippen LogP) is 4.37. The average molecular weight is 379 g/mol. The summed E-state index contributed by atoms with van der Waals surface area (Å²) in [5.74, 6) is 0. The number of halogens is 3. The van der Waals surface area contributed by atoms with Gasteiger partial charge in [0, 0.05) is 10.1 Å². The number of benzene rings is 1. The second-order valence-electron chi connectivity index (χ2n) is 3.84. The van der Waals surface area contributed by atoms with Crippen LogP contribution in [0.5, 0.6) is 0 Å². The maximum absolute atomic E-state index is 12.1. The molecule has 5 heteroatoms. The van der Waals surface area contributed by atoms with E-state index in [-0.39, 0.29) is 6.54 Å². The molecule has 96 valence electrons. The van der Waals surface area contributed by atoms with Crippen LogP contribution in [-0.2, 0) is 6.54 Å². The van der Waals surface area contributed by atoms with E-state index >= 15 is 0 Å². The minimum Gasteiger partial charge on any atom is -0.307 e. The highest BCUT2D eigenvalue weighted by Crippen LogP contribution is 2.27. The average Bonchev–Trinajstić information content (AvgIpc) is 2.78. The van der Waals surface area contributed by atoms with Gasteiger partial charge in [-0.15, -0.1) is 0 Å². The molecule has 0 fully saturated rings. The van der Waals surface area contributed by atoms with Gasteiger partial charge >= 0.3 is 0 Å². The minimum atomic E-state index is -2.30. The Hall–Kier alpha value is -0.530. The van der Waals surface area contributed by atoms with Gasteiger partial charge < -0.3 is 5.32 Å². The highest BCUT2D eigenvalue weighted by molar-refractivity contribution is 14.1. The van der Waals surface area contributed by atoms with Crippen LogP contribution in [0.1, 0.15) is 5.56 Å². The lowest BCUT2D eigenvalue weighted by Gasteiger charge is -2.06. The number of rotatable bonds is 5. The molecular weight excluding hydrogens is 367 g/mol. The Labute approximate surface area is 122 Å². The summed E-state index contributed by atoms with van der Waals surface area (Å²) in [5, 5.41) is 6.83. The fourth-order valence-electron chi connectivity index (χ4n) is 1.66. The van der Waals surface area contributed by atoms with Crippen LogP contribution in [0, 0.1) is 3.57 Å². The largest absolute Gasteiger partial charge is 0.307 e. The minimum absolute atomic E-state index is 0.262. The Morgan fingerprint density at radius 2 is 1.89 bits per heavy atom. The molecule has 0 aliphatic heterocycles. The zero-order chi connectivity index (χ0) is 13.0. The topological polar surface area (TPSA) is 12.0 Å². The summed E-state index contributed by atoms with van der Waals surface area (Å²) < 4.78 is 25.3. The summed E-state index contributed by atoms with van der Waals surface area (Å²) in [7, 11) is 0. The van der Waals surface area contributed by atoms with Crippen LogP contribution >= 0.6 is 33.9 Å². The van der Waals surface area contributed by atoms with Gasteiger partial charge in [-0.25, -0.2) is 8.78 Å². The van der Waals surface area contributed by atoms with Crippen LogP contribution < -0.4 is 5.32 Å². The standard InChI is InChI=1S/C13H12F2INS/c14-13(15)6-17-5-10-7-18-8-12(10)9-1-3-11(16)4-2-9/h1-4,7-8,13,17H,5-6H2. The van der Waals surface area contributed by atoms with Gasteiger partial charge in [-0.3, -0.25) is 0 Å². The maximum atomic E-state index is 12.1. The zero-order valence-corrected chi connectivity index (χ0v) is 12.5. The Balaban J connectivity index is 2.10. The first-order chi connectivity index (χ1) is 8.66. The number of alkyl halides is 2. The summed E-state index contributed by atoms with van der Waals surface area (Å²) >= 11 is 3.85. The van der Waals surface area contributed by atoms with Crippen molar-refractivity contribution < 1.29 is 8.78 Å². The van der Waals surface area contributed by atoms with E-state index < -0.39 is 6.43 Å². The molecule has 0 unspecified atom stereocenters. The zero-order valence-electron chi connectivity index (χ0n) is 9.50. The van der Waals surface area contributed by atoms with Crippen molar-refractivity contribution >= 4 is 33.9 Å². The van der Waals surface area contributed by atoms with E-state index in [9.17, 15) is 8.78 Å². The third-order valence-electron chi connectivity index (χ3n) is 2.51. The van der Waals surface area contributed by atoms with E-state index in [0.29, 0.717) is 6.54 Å². The lowest BCUT2D eigenvalue weighted by atomic mass is 10.1. The molecule has 0 bridgehead atoms. The summed E-state index contributed by atoms with van der Waals surface area (Å²) in [6.45, 7) is 0.219. The van der Waals surface area contributed by atoms with E-state index in [1.165, 1.54) is 3.57 Å². The molecule has 0 aliphatic carbocycles. The Bertz CT molecular complexity index is 496. The van der Waals surface area contributed by atoms with E-state index in [4.69, 9.17) is 0 Å². The first kappa shape index (κ1) is 13.9. The molecule has 0 atom stereocenters. The van der Waals surface area contributed by atoms with Crippen LogP contribution in [-0.4, -0.2) is 13.0 Å². The molecule has 0 aliphatic rings. The monoisotopic (exact) mass is 379 g/mol. The molecule has 2 aromatic rings. The molecule has 0 saturated carbocycles. The molecule has 2 rings (SSSR count). The molecule has 1 heterocycles. The first-order valence-corrected chi connectivity index (χ1v) is 7.49. The van der Waals surface area contributed by atoms with Gasteiger partial charge in [-0.1, -0.05) is 12.1 Å². The van der Waals surface area contributed by atoms with Gasteiger partial charge in [0.15, 0.2) is 0 Å². The van der Waals surface area contributed by atoms with Gasteiger partial charge in [-0.05, 0) is 62.2 Å². The van der Waals surface area contributed by atoms with Crippen molar-refractivity contribution in [3.63, 3.8) is 0 Å². The van der Waals surface area contributed by atoms with Crippen molar-refractivity contribution in [3.8, 4) is 11.1 Å². The molecule has 0 spiro atoms. The number of hydrogen-bond acceptors (Lipinski definition) is 2. The molecule has 1 aromatic heterocycles. The van der Waals surface area contributed by atoms with Crippen molar-refractivity contribution in [2.24, 2.45) is 0 Å². The summed E-state index contributed by atoms with van der Waals surface area (Å²) in [6, 6.07) is 8.20. The third-order valence-corrected chi connectivity index (χ3v) is 4.02. The van der Waals surface area contributed by atoms with Gasteiger partial charge in [0.25, 0.3) is 6.43 Å². The highest BCUT2D eigenvalue weighted by atomic mass is 127. The fraction of sp³-hybridized carbons (Fsp3) is 0.231. The van der Waals surface area contributed by atoms with Gasteiger partial charge in [0.2, 0.25) is 0 Å². The van der Waals surface area contributed by atoms with Crippen molar-refractivity contribution in [1.82, 2.24) is 5.32 Å². The molecule has 0 saturated heterocycles. The predicted molar refractivity (Wildman–Crippen MR) is 80.2 cm³/mol. The molecule has 1 N–H and O–H groups in total. The lowest BCUT2D eigenvalue weighted by molar-refractivity contribution is 0.145. The molecule has 18 heavy (non-hydrogen) atoms. The van der Waals surface area contributed by atoms with Crippen LogP contribution in [0.25, 0.3) is 11.1 Å². The van der Waals surface area contributed by atoms with Crippen molar-refractivity contribution in [2.75, 3.05) is 6.54 Å². The van der Waals surface area contributed by atoms with Crippen LogP contribution in [0.2, 0.25) is 0 Å². The van der Waals surface area contributed by atoms with Gasteiger partial charge in [0.05, 0.1) is 6.54 Å². The molecule has 0 radical (unpaired) electrons. The van der Waals surface area contributed by atoms with Gasteiger partial charge in [-0.2, -0.15) is 11.3 Å². The van der Waals surface area contributed by atoms with E-state index in [0.717, 1.165) is 16.7 Å². The number of thiophene rings is 1. The second kappa shape index (κ2) is 6.58. The van der Waals surface area contributed by atoms with Crippen LogP contribution in [0.3, 0.4) is 0 Å². The lowest BCUT2D eigenvalue weighted by Crippen LogP contribution is -2.20. The van der Waals surface area contributed by atoms with Crippen molar-refractivity contribution in [3.05, 3.63) is 44.2 Å². The number of nitrogens with one attached hydrogen (secondary N) is 1. The Morgan fingerprint density at radius 3 is 2.56 bits per heavy atom. The molecule has 0 amide bonds. The second-order valence-corrected chi connectivity index (χ2v) is 5.83. The van der Waals surface area contributed by atoms with E-state index in [2.05, 4.69) is 45.4 Å². The summed E-state index contributed by atoms with van der Waals surface area (Å²) in [5.41, 5.74) is 3.32. The van der Waals surface area contributed by atoms with Crippen molar-refractivity contribution in [1.29, 1.82) is 0 Å². The SMILES string of the molecule is FC(F)CNCc1cscc1-c1ccc(I)cc1. The van der Waals surface area contributed by atoms with E-state index in [1.54, 1.807) is 11.3 Å². The molecule has 1 nitrogen and oxygen atoms in total. The van der Waals surface area contributed by atoms with Crippen molar-refractivity contribution in [2.45, 2.75) is 13.0 Å². The van der Waals surface area contributed by atoms with Crippen LogP contribution in [0.4, 0.5) is 8.78 Å².